The van der Waals surface area contributed by atoms with E-state index in [1.54, 1.807) is 13.8 Å². The van der Waals surface area contributed by atoms with Crippen LogP contribution in [0.2, 0.25) is 0 Å². The standard InChI is InChI=1S/C29H35N3.C10H12O4.Co/c1-18(2)24-16-20(5)12-14-28(24)30-22(7)26-10-9-11-27(32-26)23(8)31-29-15-13-21(6)17-25(29)19(3)4;1-5(2)6-3-4-7(11)9(12)8(6)10(13)14;/h9-19H,1-8H3;3-5,11-12H,1-2H3,(H,13,14);/p-1. The van der Waals surface area contributed by atoms with E-state index in [1.807, 2.05) is 32.0 Å². The van der Waals surface area contributed by atoms with Crippen LogP contribution in [0.4, 0.5) is 11.4 Å². The number of pyridine rings is 1. The van der Waals surface area contributed by atoms with Gasteiger partial charge < -0.3 is 15.3 Å². The van der Waals surface area contributed by atoms with Crippen LogP contribution in [-0.4, -0.2) is 32.6 Å². The van der Waals surface area contributed by atoms with Crippen molar-refractivity contribution in [2.75, 3.05) is 0 Å². The molecule has 4 aromatic rings. The summed E-state index contributed by atoms with van der Waals surface area (Å²) >= 11 is 0. The normalized spacial score (nSPS) is 11.8. The summed E-state index contributed by atoms with van der Waals surface area (Å²) in [6.07, 6.45) is 0. The van der Waals surface area contributed by atoms with Crippen LogP contribution in [-0.2, 0) is 16.8 Å². The van der Waals surface area contributed by atoms with Crippen molar-refractivity contribution >= 4 is 28.8 Å². The Balaban J connectivity index is 0.000000431. The number of nitrogens with zero attached hydrogens (tertiary/aromatic N) is 3. The molecule has 7 nitrogen and oxygen atoms in total. The van der Waals surface area contributed by atoms with Gasteiger partial charge in [-0.05, 0) is 92.5 Å². The number of phenolic OH excluding ortho intramolecular Hbond substituents is 1. The van der Waals surface area contributed by atoms with Crippen molar-refractivity contribution in [2.24, 2.45) is 9.98 Å². The fraction of sp³-hybridized carbons (Fsp3) is 0.333. The largest absolute Gasteiger partial charge is 0.869 e. The summed E-state index contributed by atoms with van der Waals surface area (Å²) < 4.78 is 0. The number of hydrogen-bond donors (Lipinski definition) is 2. The molecule has 1 heterocycles. The Labute approximate surface area is 289 Å². The number of aryl methyl sites for hydroxylation is 2. The third-order valence-corrected chi connectivity index (χ3v) is 7.68. The van der Waals surface area contributed by atoms with Gasteiger partial charge in [-0.2, -0.15) is 0 Å². The molecule has 0 aliphatic heterocycles. The number of rotatable bonds is 8. The number of aliphatic imine (C=N–C) groups is 2. The zero-order valence-corrected chi connectivity index (χ0v) is 30.0. The topological polar surface area (TPSA) is 118 Å². The third kappa shape index (κ3) is 10.1. The zero-order valence-electron chi connectivity index (χ0n) is 29.0. The number of carbonyl (C=O) groups is 1. The summed E-state index contributed by atoms with van der Waals surface area (Å²) in [5.41, 5.74) is 10.7. The fourth-order valence-electron chi connectivity index (χ4n) is 5.08. The first kappa shape index (κ1) is 38.9. The van der Waals surface area contributed by atoms with Crippen molar-refractivity contribution in [2.45, 2.75) is 87.0 Å². The van der Waals surface area contributed by atoms with Crippen LogP contribution in [0.15, 0.2) is 76.7 Å². The van der Waals surface area contributed by atoms with Crippen molar-refractivity contribution in [1.29, 1.82) is 0 Å². The molecule has 0 unspecified atom stereocenters. The summed E-state index contributed by atoms with van der Waals surface area (Å²) in [6, 6.07) is 21.7. The molecule has 3 aromatic carbocycles. The molecule has 0 bridgehead atoms. The van der Waals surface area contributed by atoms with E-state index in [-0.39, 0.29) is 28.3 Å². The molecule has 4 rings (SSSR count). The SMILES string of the molecule is CC(=Nc1ccc(C)cc1C(C)C)c1cccc(C(C)=Nc2ccc(C)cc2C(C)C)n1.CC(C)c1ccc(O)c([O-])c1C(=O)O.[Co]. The van der Waals surface area contributed by atoms with Crippen LogP contribution in [0.3, 0.4) is 0 Å². The quantitative estimate of drug-likeness (QED) is 0.180. The first-order valence-electron chi connectivity index (χ1n) is 15.7. The maximum atomic E-state index is 11.3. The maximum absolute atomic E-state index is 11.3. The van der Waals surface area contributed by atoms with Gasteiger partial charge in [0.1, 0.15) is 5.75 Å². The average Bonchev–Trinajstić information content (AvgIpc) is 3.00. The van der Waals surface area contributed by atoms with Crippen molar-refractivity contribution in [3.05, 3.63) is 111 Å². The molecular weight excluding hydrogens is 633 g/mol. The predicted molar refractivity (Wildman–Crippen MR) is 187 cm³/mol. The van der Waals surface area contributed by atoms with Crippen LogP contribution >= 0.6 is 0 Å². The van der Waals surface area contributed by atoms with E-state index >= 15 is 0 Å². The summed E-state index contributed by atoms with van der Waals surface area (Å²) in [7, 11) is 0. The molecule has 0 amide bonds. The van der Waals surface area contributed by atoms with Crippen molar-refractivity contribution in [3.63, 3.8) is 0 Å². The first-order valence-corrected chi connectivity index (χ1v) is 15.7. The zero-order chi connectivity index (χ0) is 34.3. The Morgan fingerprint density at radius 2 is 1.13 bits per heavy atom. The number of hydrogen-bond acceptors (Lipinski definition) is 6. The van der Waals surface area contributed by atoms with Gasteiger partial charge in [-0.25, -0.2) is 9.78 Å². The third-order valence-electron chi connectivity index (χ3n) is 7.68. The van der Waals surface area contributed by atoms with Crippen molar-refractivity contribution in [1.82, 2.24) is 4.98 Å². The summed E-state index contributed by atoms with van der Waals surface area (Å²) in [6.45, 7) is 20.7. The molecule has 0 atom stereocenters. The van der Waals surface area contributed by atoms with Crippen LogP contribution in [0.1, 0.15) is 123 Å². The Morgan fingerprint density at radius 1 is 0.702 bits per heavy atom. The summed E-state index contributed by atoms with van der Waals surface area (Å²) in [4.78, 5) is 25.6. The fourth-order valence-corrected chi connectivity index (χ4v) is 5.08. The number of carboxylic acids is 1. The van der Waals surface area contributed by atoms with Crippen LogP contribution in [0.25, 0.3) is 0 Å². The smallest absolute Gasteiger partial charge is 0.335 e. The van der Waals surface area contributed by atoms with Gasteiger partial charge in [0.2, 0.25) is 0 Å². The number of benzene rings is 3. The second-order valence-electron chi connectivity index (χ2n) is 12.6. The van der Waals surface area contributed by atoms with Gasteiger partial charge in [-0.15, -0.1) is 0 Å². The first-order chi connectivity index (χ1) is 21.6. The predicted octanol–water partition coefficient (Wildman–Crippen LogP) is 9.51. The van der Waals surface area contributed by atoms with Gasteiger partial charge in [-0.3, -0.25) is 9.98 Å². The molecule has 251 valence electrons. The maximum Gasteiger partial charge on any atom is 0.335 e. The van der Waals surface area contributed by atoms with E-state index < -0.39 is 17.5 Å². The van der Waals surface area contributed by atoms with E-state index in [0.717, 1.165) is 34.2 Å². The Kier molecular flexibility index (Phi) is 14.1. The molecule has 0 spiro atoms. The van der Waals surface area contributed by atoms with Gasteiger partial charge >= 0.3 is 5.97 Å². The molecular formula is C39H46CoN3O4-. The molecule has 0 saturated heterocycles. The van der Waals surface area contributed by atoms with Crippen LogP contribution < -0.4 is 5.11 Å². The van der Waals surface area contributed by atoms with E-state index in [9.17, 15) is 9.90 Å². The van der Waals surface area contributed by atoms with Gasteiger partial charge in [0.25, 0.3) is 0 Å². The van der Waals surface area contributed by atoms with Gasteiger partial charge in [0, 0.05) is 16.8 Å². The number of aromatic nitrogens is 1. The van der Waals surface area contributed by atoms with Crippen molar-refractivity contribution in [3.8, 4) is 11.5 Å². The van der Waals surface area contributed by atoms with Crippen molar-refractivity contribution < 1.29 is 36.9 Å². The monoisotopic (exact) mass is 679 g/mol. The van der Waals surface area contributed by atoms with E-state index in [2.05, 4.69) is 77.9 Å². The Morgan fingerprint density at radius 3 is 1.51 bits per heavy atom. The molecule has 47 heavy (non-hydrogen) atoms. The van der Waals surface area contributed by atoms with Crippen LogP contribution in [0, 0.1) is 13.8 Å². The number of aromatic hydroxyl groups is 1. The molecule has 2 N–H and O–H groups in total. The Bertz CT molecular complexity index is 1690. The summed E-state index contributed by atoms with van der Waals surface area (Å²) in [5.74, 6) is -1.86. The average molecular weight is 680 g/mol. The molecule has 0 aliphatic rings. The number of carboxylic acid groups (broad SMARTS) is 1. The van der Waals surface area contributed by atoms with Crippen LogP contribution in [0.5, 0.6) is 11.5 Å². The second kappa shape index (κ2) is 17.0. The van der Waals surface area contributed by atoms with E-state index in [1.165, 1.54) is 34.4 Å². The number of aromatic carboxylic acids is 1. The molecule has 1 aromatic heterocycles. The van der Waals surface area contributed by atoms with E-state index in [0.29, 0.717) is 17.4 Å². The number of phenols is 1. The molecule has 8 heteroatoms. The van der Waals surface area contributed by atoms with Gasteiger partial charge in [0.15, 0.2) is 0 Å². The molecule has 0 aliphatic carbocycles. The molecule has 0 fully saturated rings. The molecule has 0 saturated carbocycles. The summed E-state index contributed by atoms with van der Waals surface area (Å²) in [5, 5.41) is 29.2. The second-order valence-corrected chi connectivity index (χ2v) is 12.6. The minimum absolute atomic E-state index is 0. The molecule has 1 radical (unpaired) electrons. The van der Waals surface area contributed by atoms with Gasteiger partial charge in [-0.1, -0.05) is 94.8 Å². The minimum atomic E-state index is -1.30. The van der Waals surface area contributed by atoms with E-state index in [4.69, 9.17) is 25.2 Å². The Hall–Kier alpha value is -4.27. The minimum Gasteiger partial charge on any atom is -0.869 e. The van der Waals surface area contributed by atoms with Gasteiger partial charge in [0.05, 0.1) is 39.7 Å².